The lowest BCUT2D eigenvalue weighted by molar-refractivity contribution is -0.126. The Bertz CT molecular complexity index is 370. The van der Waals surface area contributed by atoms with Crippen molar-refractivity contribution in [2.24, 2.45) is 0 Å². The molecule has 0 radical (unpaired) electrons. The fourth-order valence-electron chi connectivity index (χ4n) is 2.38. The fourth-order valence-corrected chi connectivity index (χ4v) is 2.38. The molecular weight excluding hydrogens is 214 g/mol. The van der Waals surface area contributed by atoms with Crippen LogP contribution in [0.2, 0.25) is 0 Å². The lowest BCUT2D eigenvalue weighted by atomic mass is 9.84. The Morgan fingerprint density at radius 3 is 2.69 bits per heavy atom. The number of nitrogens with zero attached hydrogens (tertiary/aromatic N) is 1. The molecular formula is C9H13N3O4. The van der Waals surface area contributed by atoms with Gasteiger partial charge in [0.1, 0.15) is 5.54 Å². The monoisotopic (exact) mass is 227 g/mol. The standard InChI is InChI=1S/C9H13N3O4/c1-5-4-9(2-3-12(5)8(15)16)6(13)10-7(14)11-9/h5H,2-4H2,1H3,(H,15,16)(H2,10,11,13,14). The van der Waals surface area contributed by atoms with Crippen molar-refractivity contribution in [2.45, 2.75) is 31.3 Å². The average molecular weight is 227 g/mol. The normalized spacial score (nSPS) is 33.8. The van der Waals surface area contributed by atoms with Crippen molar-refractivity contribution in [1.82, 2.24) is 15.5 Å². The van der Waals surface area contributed by atoms with Gasteiger partial charge in [0.05, 0.1) is 0 Å². The predicted octanol–water partition coefficient (Wildman–Crippen LogP) is -0.273. The summed E-state index contributed by atoms with van der Waals surface area (Å²) in [6.07, 6.45) is -0.356. The van der Waals surface area contributed by atoms with Gasteiger partial charge in [-0.1, -0.05) is 0 Å². The number of imide groups is 1. The first-order chi connectivity index (χ1) is 7.44. The first-order valence-corrected chi connectivity index (χ1v) is 5.08. The summed E-state index contributed by atoms with van der Waals surface area (Å²) in [7, 11) is 0. The molecule has 3 N–H and O–H groups in total. The number of carbonyl (C=O) groups excluding carboxylic acids is 2. The van der Waals surface area contributed by atoms with Crippen molar-refractivity contribution >= 4 is 18.0 Å². The Morgan fingerprint density at radius 2 is 2.25 bits per heavy atom. The molecule has 0 aromatic rings. The van der Waals surface area contributed by atoms with E-state index in [1.54, 1.807) is 6.92 Å². The van der Waals surface area contributed by atoms with Crippen LogP contribution in [0.4, 0.5) is 9.59 Å². The highest BCUT2D eigenvalue weighted by Crippen LogP contribution is 2.29. The summed E-state index contributed by atoms with van der Waals surface area (Å²) in [6.45, 7) is 1.98. The summed E-state index contributed by atoms with van der Waals surface area (Å²) in [5, 5.41) is 13.7. The van der Waals surface area contributed by atoms with Crippen molar-refractivity contribution in [2.75, 3.05) is 6.54 Å². The van der Waals surface area contributed by atoms with Gasteiger partial charge < -0.3 is 15.3 Å². The molecule has 4 amide bonds. The summed E-state index contributed by atoms with van der Waals surface area (Å²) in [5.74, 6) is -0.352. The molecule has 7 heteroatoms. The Morgan fingerprint density at radius 1 is 1.56 bits per heavy atom. The van der Waals surface area contributed by atoms with Gasteiger partial charge >= 0.3 is 12.1 Å². The van der Waals surface area contributed by atoms with Crippen molar-refractivity contribution < 1.29 is 19.5 Å². The quantitative estimate of drug-likeness (QED) is 0.496. The van der Waals surface area contributed by atoms with E-state index in [1.807, 2.05) is 0 Å². The number of amides is 4. The second-order valence-corrected chi connectivity index (χ2v) is 4.27. The molecule has 0 aromatic heterocycles. The van der Waals surface area contributed by atoms with E-state index < -0.39 is 17.7 Å². The number of carboxylic acid groups (broad SMARTS) is 1. The van der Waals surface area contributed by atoms with Crippen LogP contribution in [0.1, 0.15) is 19.8 Å². The van der Waals surface area contributed by atoms with Gasteiger partial charge in [0.25, 0.3) is 5.91 Å². The smallest absolute Gasteiger partial charge is 0.407 e. The van der Waals surface area contributed by atoms with E-state index in [0.29, 0.717) is 12.8 Å². The van der Waals surface area contributed by atoms with E-state index in [2.05, 4.69) is 10.6 Å². The van der Waals surface area contributed by atoms with Crippen LogP contribution in [0.3, 0.4) is 0 Å². The molecule has 88 valence electrons. The summed E-state index contributed by atoms with van der Waals surface area (Å²) >= 11 is 0. The number of carbonyl (C=O) groups is 3. The molecule has 0 aromatic carbocycles. The first kappa shape index (κ1) is 10.7. The molecule has 2 atom stereocenters. The van der Waals surface area contributed by atoms with Crippen LogP contribution in [-0.2, 0) is 4.79 Å². The number of urea groups is 1. The number of likely N-dealkylation sites (tertiary alicyclic amines) is 1. The lowest BCUT2D eigenvalue weighted by Crippen LogP contribution is -2.58. The third-order valence-corrected chi connectivity index (χ3v) is 3.22. The summed E-state index contributed by atoms with van der Waals surface area (Å²) in [6, 6.07) is -0.781. The van der Waals surface area contributed by atoms with Crippen LogP contribution >= 0.6 is 0 Å². The SMILES string of the molecule is CC1CC2(CCN1C(=O)O)NC(=O)NC2=O. The Labute approximate surface area is 91.8 Å². The van der Waals surface area contributed by atoms with Crippen molar-refractivity contribution in [3.05, 3.63) is 0 Å². The van der Waals surface area contributed by atoms with Gasteiger partial charge in [0.2, 0.25) is 0 Å². The molecule has 1 spiro atoms. The highest BCUT2D eigenvalue weighted by Gasteiger charge is 2.50. The molecule has 16 heavy (non-hydrogen) atoms. The van der Waals surface area contributed by atoms with Crippen LogP contribution in [0, 0.1) is 0 Å². The zero-order valence-corrected chi connectivity index (χ0v) is 8.82. The van der Waals surface area contributed by atoms with Crippen LogP contribution in [0.5, 0.6) is 0 Å². The minimum Gasteiger partial charge on any atom is -0.465 e. The third-order valence-electron chi connectivity index (χ3n) is 3.22. The minimum atomic E-state index is -0.993. The molecule has 0 aliphatic carbocycles. The van der Waals surface area contributed by atoms with Gasteiger partial charge in [-0.3, -0.25) is 10.1 Å². The molecule has 2 unspecified atom stereocenters. The molecule has 2 fully saturated rings. The molecule has 7 nitrogen and oxygen atoms in total. The van der Waals surface area contributed by atoms with Crippen LogP contribution in [-0.4, -0.2) is 46.2 Å². The highest BCUT2D eigenvalue weighted by molar-refractivity contribution is 6.07. The minimum absolute atomic E-state index is 0.254. The average Bonchev–Trinajstić information content (AvgIpc) is 2.40. The number of hydrogen-bond acceptors (Lipinski definition) is 3. The van der Waals surface area contributed by atoms with E-state index in [4.69, 9.17) is 5.11 Å². The summed E-state index contributed by atoms with van der Waals surface area (Å²) in [5.41, 5.74) is -0.914. The maximum Gasteiger partial charge on any atom is 0.407 e. The van der Waals surface area contributed by atoms with Crippen molar-refractivity contribution in [3.63, 3.8) is 0 Å². The second kappa shape index (κ2) is 3.36. The number of rotatable bonds is 0. The Balaban J connectivity index is 2.15. The Hall–Kier alpha value is -1.79. The second-order valence-electron chi connectivity index (χ2n) is 4.27. The Kier molecular flexibility index (Phi) is 2.25. The lowest BCUT2D eigenvalue weighted by Gasteiger charge is -2.40. The fraction of sp³-hybridized carbons (Fsp3) is 0.667. The van der Waals surface area contributed by atoms with Crippen LogP contribution < -0.4 is 10.6 Å². The first-order valence-electron chi connectivity index (χ1n) is 5.08. The van der Waals surface area contributed by atoms with Gasteiger partial charge in [-0.05, 0) is 19.8 Å². The third kappa shape index (κ3) is 1.48. The van der Waals surface area contributed by atoms with Gasteiger partial charge in [-0.15, -0.1) is 0 Å². The summed E-state index contributed by atoms with van der Waals surface area (Å²) < 4.78 is 0. The number of piperidine rings is 1. The molecule has 2 rings (SSSR count). The van der Waals surface area contributed by atoms with Crippen molar-refractivity contribution in [1.29, 1.82) is 0 Å². The van der Waals surface area contributed by atoms with Crippen molar-refractivity contribution in [3.8, 4) is 0 Å². The molecule has 2 aliphatic heterocycles. The van der Waals surface area contributed by atoms with E-state index in [0.717, 1.165) is 0 Å². The van der Waals surface area contributed by atoms with Gasteiger partial charge in [0, 0.05) is 12.6 Å². The zero-order valence-electron chi connectivity index (χ0n) is 8.82. The van der Waals surface area contributed by atoms with Gasteiger partial charge in [-0.2, -0.15) is 0 Å². The topological polar surface area (TPSA) is 98.7 Å². The zero-order chi connectivity index (χ0) is 11.9. The van der Waals surface area contributed by atoms with Gasteiger partial charge in [0.15, 0.2) is 0 Å². The maximum atomic E-state index is 11.6. The van der Waals surface area contributed by atoms with E-state index in [9.17, 15) is 14.4 Å². The molecule has 2 aliphatic rings. The maximum absolute atomic E-state index is 11.6. The molecule has 2 heterocycles. The van der Waals surface area contributed by atoms with E-state index >= 15 is 0 Å². The van der Waals surface area contributed by atoms with Gasteiger partial charge in [-0.25, -0.2) is 9.59 Å². The highest BCUT2D eigenvalue weighted by atomic mass is 16.4. The largest absolute Gasteiger partial charge is 0.465 e. The molecule has 2 saturated heterocycles. The number of hydrogen-bond donors (Lipinski definition) is 3. The van der Waals surface area contributed by atoms with Crippen LogP contribution in [0.15, 0.2) is 0 Å². The van der Waals surface area contributed by atoms with Crippen LogP contribution in [0.25, 0.3) is 0 Å². The van der Waals surface area contributed by atoms with E-state index in [-0.39, 0.29) is 18.5 Å². The van der Waals surface area contributed by atoms with E-state index in [1.165, 1.54) is 4.90 Å². The molecule has 0 bridgehead atoms. The summed E-state index contributed by atoms with van der Waals surface area (Å²) in [4.78, 5) is 34.8. The molecule has 0 saturated carbocycles. The number of nitrogens with one attached hydrogen (secondary N) is 2. The predicted molar refractivity (Wildman–Crippen MR) is 52.8 cm³/mol.